The van der Waals surface area contributed by atoms with Crippen LogP contribution in [0.5, 0.6) is 5.75 Å². The Kier molecular flexibility index (Phi) is 3.74. The molecule has 0 fully saturated rings. The molecule has 3 nitrogen and oxygen atoms in total. The molecular formula is C11H17NO2S. The second-order valence-corrected chi connectivity index (χ2v) is 5.81. The highest BCUT2D eigenvalue weighted by Crippen LogP contribution is 2.17. The Labute approximate surface area is 91.4 Å². The van der Waals surface area contributed by atoms with Crippen LogP contribution in [-0.4, -0.2) is 16.6 Å². The standard InChI is InChI=1S/C11H17NO2S/c1-4-9(2)14-10-5-7-11(8-6-10)15(3,12)13/h5-9,12H,4H2,1-3H3. The van der Waals surface area contributed by atoms with E-state index in [0.717, 1.165) is 12.2 Å². The van der Waals surface area contributed by atoms with Gasteiger partial charge in [-0.2, -0.15) is 0 Å². The summed E-state index contributed by atoms with van der Waals surface area (Å²) in [7, 11) is -2.61. The van der Waals surface area contributed by atoms with Crippen molar-refractivity contribution < 1.29 is 8.95 Å². The zero-order valence-corrected chi connectivity index (χ0v) is 10.1. The van der Waals surface area contributed by atoms with Crippen molar-refractivity contribution in [3.05, 3.63) is 24.3 Å². The van der Waals surface area contributed by atoms with Gasteiger partial charge >= 0.3 is 0 Å². The Balaban J connectivity index is 2.82. The molecule has 1 aromatic rings. The van der Waals surface area contributed by atoms with E-state index in [1.807, 2.05) is 6.92 Å². The van der Waals surface area contributed by atoms with E-state index in [0.29, 0.717) is 4.90 Å². The van der Waals surface area contributed by atoms with Gasteiger partial charge in [0.1, 0.15) is 5.75 Å². The summed E-state index contributed by atoms with van der Waals surface area (Å²) in [5, 5.41) is 0. The molecule has 0 amide bonds. The van der Waals surface area contributed by atoms with E-state index in [9.17, 15) is 4.21 Å². The van der Waals surface area contributed by atoms with Gasteiger partial charge in [0.25, 0.3) is 0 Å². The molecule has 0 radical (unpaired) electrons. The van der Waals surface area contributed by atoms with E-state index in [2.05, 4.69) is 6.92 Å². The average molecular weight is 227 g/mol. The smallest absolute Gasteiger partial charge is 0.119 e. The lowest BCUT2D eigenvalue weighted by molar-refractivity contribution is 0.217. The van der Waals surface area contributed by atoms with Crippen LogP contribution in [0.25, 0.3) is 0 Å². The molecule has 0 bridgehead atoms. The Morgan fingerprint density at radius 1 is 1.40 bits per heavy atom. The number of hydrogen-bond donors (Lipinski definition) is 1. The first-order valence-corrected chi connectivity index (χ1v) is 6.90. The summed E-state index contributed by atoms with van der Waals surface area (Å²) in [5.74, 6) is 0.761. The van der Waals surface area contributed by atoms with Gasteiger partial charge in [-0.25, -0.2) is 8.99 Å². The maximum Gasteiger partial charge on any atom is 0.119 e. The van der Waals surface area contributed by atoms with Crippen molar-refractivity contribution >= 4 is 9.73 Å². The number of ether oxygens (including phenoxy) is 1. The lowest BCUT2D eigenvalue weighted by Gasteiger charge is -2.12. The van der Waals surface area contributed by atoms with Gasteiger partial charge in [-0.05, 0) is 37.6 Å². The minimum Gasteiger partial charge on any atom is -0.491 e. The van der Waals surface area contributed by atoms with Gasteiger partial charge < -0.3 is 4.74 Å². The fourth-order valence-corrected chi connectivity index (χ4v) is 1.75. The molecule has 1 aromatic carbocycles. The van der Waals surface area contributed by atoms with Crippen LogP contribution in [0.15, 0.2) is 29.2 Å². The predicted octanol–water partition coefficient (Wildman–Crippen LogP) is 2.90. The van der Waals surface area contributed by atoms with Crippen LogP contribution >= 0.6 is 0 Å². The predicted molar refractivity (Wildman–Crippen MR) is 61.9 cm³/mol. The van der Waals surface area contributed by atoms with Gasteiger partial charge in [0.2, 0.25) is 0 Å². The second kappa shape index (κ2) is 4.66. The van der Waals surface area contributed by atoms with Crippen LogP contribution in [0.2, 0.25) is 0 Å². The molecule has 2 atom stereocenters. The molecule has 1 N–H and O–H groups in total. The molecule has 15 heavy (non-hydrogen) atoms. The number of benzene rings is 1. The highest BCUT2D eigenvalue weighted by atomic mass is 32.2. The first-order chi connectivity index (χ1) is 6.93. The van der Waals surface area contributed by atoms with Crippen LogP contribution < -0.4 is 4.74 Å². The van der Waals surface area contributed by atoms with Crippen molar-refractivity contribution in [1.29, 1.82) is 4.78 Å². The molecule has 84 valence electrons. The monoisotopic (exact) mass is 227 g/mol. The highest BCUT2D eigenvalue weighted by molar-refractivity contribution is 7.91. The minimum atomic E-state index is -2.61. The molecule has 0 spiro atoms. The van der Waals surface area contributed by atoms with Gasteiger partial charge in [-0.1, -0.05) is 6.92 Å². The van der Waals surface area contributed by atoms with Gasteiger partial charge in [0.15, 0.2) is 0 Å². The van der Waals surface area contributed by atoms with Crippen molar-refractivity contribution in [3.63, 3.8) is 0 Å². The molecule has 0 aliphatic carbocycles. The molecule has 0 saturated carbocycles. The van der Waals surface area contributed by atoms with Crippen LogP contribution in [-0.2, 0) is 9.73 Å². The topological polar surface area (TPSA) is 50.1 Å². The molecule has 0 aliphatic heterocycles. The summed E-state index contributed by atoms with van der Waals surface area (Å²) in [6, 6.07) is 6.90. The molecule has 1 rings (SSSR count). The van der Waals surface area contributed by atoms with Gasteiger partial charge in [-0.15, -0.1) is 0 Å². The summed E-state index contributed by atoms with van der Waals surface area (Å²) in [6.07, 6.45) is 2.54. The number of rotatable bonds is 4. The fraction of sp³-hybridized carbons (Fsp3) is 0.455. The Bertz CT molecular complexity index is 409. The zero-order valence-electron chi connectivity index (χ0n) is 9.32. The van der Waals surface area contributed by atoms with E-state index < -0.39 is 9.73 Å². The third kappa shape index (κ3) is 3.55. The van der Waals surface area contributed by atoms with Gasteiger partial charge in [0.05, 0.1) is 15.8 Å². The van der Waals surface area contributed by atoms with E-state index in [1.165, 1.54) is 6.26 Å². The van der Waals surface area contributed by atoms with E-state index in [1.54, 1.807) is 24.3 Å². The number of nitrogens with one attached hydrogen (secondary N) is 1. The molecule has 0 saturated heterocycles. The van der Waals surface area contributed by atoms with Crippen molar-refractivity contribution in [3.8, 4) is 5.75 Å². The third-order valence-corrected chi connectivity index (χ3v) is 3.36. The average Bonchev–Trinajstić information content (AvgIpc) is 2.17. The minimum absolute atomic E-state index is 0.179. The normalized spacial score (nSPS) is 16.7. The summed E-state index contributed by atoms with van der Waals surface area (Å²) in [5.41, 5.74) is 0. The molecule has 2 unspecified atom stereocenters. The Morgan fingerprint density at radius 2 is 1.93 bits per heavy atom. The summed E-state index contributed by atoms with van der Waals surface area (Å²) in [4.78, 5) is 0.541. The first-order valence-electron chi connectivity index (χ1n) is 4.94. The SMILES string of the molecule is CCC(C)Oc1ccc(S(C)(=N)=O)cc1. The van der Waals surface area contributed by atoms with Crippen molar-refractivity contribution in [2.24, 2.45) is 0 Å². The van der Waals surface area contributed by atoms with Crippen LogP contribution in [0.1, 0.15) is 20.3 Å². The number of hydrogen-bond acceptors (Lipinski definition) is 3. The largest absolute Gasteiger partial charge is 0.491 e. The summed E-state index contributed by atoms with van der Waals surface area (Å²) in [6.45, 7) is 4.06. The molecule has 0 aromatic heterocycles. The maximum atomic E-state index is 11.4. The Morgan fingerprint density at radius 3 is 2.33 bits per heavy atom. The van der Waals surface area contributed by atoms with Crippen molar-refractivity contribution in [2.75, 3.05) is 6.26 Å². The van der Waals surface area contributed by atoms with Crippen molar-refractivity contribution in [1.82, 2.24) is 0 Å². The zero-order chi connectivity index (χ0) is 11.5. The maximum absolute atomic E-state index is 11.4. The van der Waals surface area contributed by atoms with E-state index in [-0.39, 0.29) is 6.10 Å². The molecule has 0 heterocycles. The molecular weight excluding hydrogens is 210 g/mol. The quantitative estimate of drug-likeness (QED) is 0.859. The van der Waals surface area contributed by atoms with Crippen LogP contribution in [0.4, 0.5) is 0 Å². The summed E-state index contributed by atoms with van der Waals surface area (Å²) >= 11 is 0. The molecule has 4 heteroatoms. The first kappa shape index (κ1) is 12.0. The van der Waals surface area contributed by atoms with E-state index in [4.69, 9.17) is 9.52 Å². The van der Waals surface area contributed by atoms with E-state index >= 15 is 0 Å². The van der Waals surface area contributed by atoms with Crippen LogP contribution in [0, 0.1) is 4.78 Å². The lowest BCUT2D eigenvalue weighted by Crippen LogP contribution is -2.09. The van der Waals surface area contributed by atoms with Crippen LogP contribution in [0.3, 0.4) is 0 Å². The van der Waals surface area contributed by atoms with Gasteiger partial charge in [0, 0.05) is 11.2 Å². The third-order valence-electron chi connectivity index (χ3n) is 2.19. The highest BCUT2D eigenvalue weighted by Gasteiger charge is 2.04. The fourth-order valence-electron chi connectivity index (χ4n) is 1.09. The summed E-state index contributed by atoms with van der Waals surface area (Å²) < 4.78 is 24.4. The van der Waals surface area contributed by atoms with Crippen molar-refractivity contribution in [2.45, 2.75) is 31.3 Å². The Hall–Kier alpha value is -1.03. The van der Waals surface area contributed by atoms with Gasteiger partial charge in [-0.3, -0.25) is 0 Å². The second-order valence-electron chi connectivity index (χ2n) is 3.65. The molecule has 0 aliphatic rings. The lowest BCUT2D eigenvalue weighted by atomic mass is 10.3.